The van der Waals surface area contributed by atoms with E-state index in [-0.39, 0.29) is 24.2 Å². The maximum Gasteiger partial charge on any atom is 0.231 e. The topological polar surface area (TPSA) is 75.2 Å². The van der Waals surface area contributed by atoms with Crippen LogP contribution in [-0.2, 0) is 22.4 Å². The number of nitrogens with one attached hydrogen (secondary N) is 1. The minimum absolute atomic E-state index is 0.00927. The summed E-state index contributed by atoms with van der Waals surface area (Å²) in [5, 5.41) is 12.3. The van der Waals surface area contributed by atoms with Gasteiger partial charge in [-0.25, -0.2) is 0 Å². The number of amides is 2. The van der Waals surface area contributed by atoms with Crippen molar-refractivity contribution in [1.29, 1.82) is 0 Å². The molecule has 1 atom stereocenters. The highest BCUT2D eigenvalue weighted by Crippen LogP contribution is 2.29. The molecule has 1 aromatic carbocycles. The number of nitrogens with zero attached hydrogens (tertiary/aromatic N) is 3. The first kappa shape index (κ1) is 17.5. The van der Waals surface area contributed by atoms with Crippen LogP contribution in [0.5, 0.6) is 0 Å². The van der Waals surface area contributed by atoms with E-state index in [0.29, 0.717) is 11.7 Å². The van der Waals surface area contributed by atoms with Crippen molar-refractivity contribution in [2.75, 3.05) is 16.8 Å². The molecule has 25 heavy (non-hydrogen) atoms. The molecule has 1 N–H and O–H groups in total. The summed E-state index contributed by atoms with van der Waals surface area (Å²) in [4.78, 5) is 26.7. The lowest BCUT2D eigenvalue weighted by Crippen LogP contribution is -2.28. The van der Waals surface area contributed by atoms with Crippen LogP contribution in [0.15, 0.2) is 24.3 Å². The summed E-state index contributed by atoms with van der Waals surface area (Å²) in [6, 6.07) is 7.85. The van der Waals surface area contributed by atoms with E-state index < -0.39 is 0 Å². The SMILES string of the molecule is CCCc1nnc(NC(=O)C2CC(=O)N(c3ccccc3CC)C2)s1. The first-order valence-corrected chi connectivity index (χ1v) is 9.45. The second kappa shape index (κ2) is 7.74. The van der Waals surface area contributed by atoms with Crippen LogP contribution in [-0.4, -0.2) is 28.6 Å². The lowest BCUT2D eigenvalue weighted by Gasteiger charge is -2.19. The normalized spacial score (nSPS) is 17.1. The van der Waals surface area contributed by atoms with Gasteiger partial charge in [0.25, 0.3) is 0 Å². The Kier molecular flexibility index (Phi) is 5.43. The van der Waals surface area contributed by atoms with Crippen LogP contribution in [0, 0.1) is 5.92 Å². The number of aryl methyl sites for hydroxylation is 2. The largest absolute Gasteiger partial charge is 0.311 e. The molecule has 1 saturated heterocycles. The van der Waals surface area contributed by atoms with Gasteiger partial charge < -0.3 is 10.2 Å². The fourth-order valence-corrected chi connectivity index (χ4v) is 3.86. The van der Waals surface area contributed by atoms with E-state index in [9.17, 15) is 9.59 Å². The van der Waals surface area contributed by atoms with Gasteiger partial charge in [-0.1, -0.05) is 43.4 Å². The van der Waals surface area contributed by atoms with Crippen molar-refractivity contribution in [3.8, 4) is 0 Å². The molecule has 0 radical (unpaired) electrons. The highest BCUT2D eigenvalue weighted by atomic mass is 32.1. The van der Waals surface area contributed by atoms with Gasteiger partial charge in [0.1, 0.15) is 5.01 Å². The second-order valence-corrected chi connectivity index (χ2v) is 7.19. The highest BCUT2D eigenvalue weighted by molar-refractivity contribution is 7.15. The van der Waals surface area contributed by atoms with Gasteiger partial charge in [-0.15, -0.1) is 10.2 Å². The Bertz CT molecular complexity index is 774. The molecular formula is C18H22N4O2S. The summed E-state index contributed by atoms with van der Waals surface area (Å²) in [5.74, 6) is -0.537. The van der Waals surface area contributed by atoms with E-state index in [0.717, 1.165) is 35.5 Å². The molecule has 1 aromatic heterocycles. The molecular weight excluding hydrogens is 336 g/mol. The van der Waals surface area contributed by atoms with Crippen molar-refractivity contribution in [1.82, 2.24) is 10.2 Å². The van der Waals surface area contributed by atoms with Crippen LogP contribution in [0.2, 0.25) is 0 Å². The van der Waals surface area contributed by atoms with E-state index in [1.54, 1.807) is 4.90 Å². The third kappa shape index (κ3) is 3.87. The van der Waals surface area contributed by atoms with Crippen LogP contribution in [0.25, 0.3) is 0 Å². The Morgan fingerprint density at radius 1 is 1.32 bits per heavy atom. The first-order valence-electron chi connectivity index (χ1n) is 8.63. The fraction of sp³-hybridized carbons (Fsp3) is 0.444. The van der Waals surface area contributed by atoms with Crippen LogP contribution in [0.4, 0.5) is 10.8 Å². The van der Waals surface area contributed by atoms with E-state index in [1.807, 2.05) is 24.3 Å². The van der Waals surface area contributed by atoms with Crippen molar-refractivity contribution in [3.05, 3.63) is 34.8 Å². The predicted octanol–water partition coefficient (Wildman–Crippen LogP) is 3.04. The summed E-state index contributed by atoms with van der Waals surface area (Å²) < 4.78 is 0. The van der Waals surface area contributed by atoms with Gasteiger partial charge in [0, 0.05) is 25.1 Å². The fourth-order valence-electron chi connectivity index (χ4n) is 3.02. The molecule has 0 spiro atoms. The predicted molar refractivity (Wildman–Crippen MR) is 98.8 cm³/mol. The Labute approximate surface area is 151 Å². The standard InChI is InChI=1S/C18H22N4O2S/c1-3-7-15-20-21-18(25-15)19-17(24)13-10-16(23)22(11-13)14-9-6-5-8-12(14)4-2/h5-6,8-9,13H,3-4,7,10-11H2,1-2H3,(H,19,21,24). The van der Waals surface area contributed by atoms with Gasteiger partial charge in [0.2, 0.25) is 16.9 Å². The molecule has 1 fully saturated rings. The molecule has 6 nitrogen and oxygen atoms in total. The number of hydrogen-bond acceptors (Lipinski definition) is 5. The summed E-state index contributed by atoms with van der Waals surface area (Å²) >= 11 is 1.40. The van der Waals surface area contributed by atoms with Crippen molar-refractivity contribution < 1.29 is 9.59 Å². The lowest BCUT2D eigenvalue weighted by molar-refractivity contribution is -0.122. The molecule has 0 aliphatic carbocycles. The second-order valence-electron chi connectivity index (χ2n) is 6.13. The minimum atomic E-state index is -0.365. The summed E-state index contributed by atoms with van der Waals surface area (Å²) in [5.41, 5.74) is 2.02. The van der Waals surface area contributed by atoms with Crippen LogP contribution >= 0.6 is 11.3 Å². The van der Waals surface area contributed by atoms with Crippen molar-refractivity contribution >= 4 is 34.0 Å². The molecule has 0 saturated carbocycles. The number of carbonyl (C=O) groups excluding carboxylic acids is 2. The molecule has 7 heteroatoms. The van der Waals surface area contributed by atoms with Crippen molar-refractivity contribution in [2.24, 2.45) is 5.92 Å². The number of hydrogen-bond donors (Lipinski definition) is 1. The number of aromatic nitrogens is 2. The van der Waals surface area contributed by atoms with E-state index in [4.69, 9.17) is 0 Å². The molecule has 2 aromatic rings. The molecule has 2 heterocycles. The smallest absolute Gasteiger partial charge is 0.231 e. The molecule has 132 valence electrons. The van der Waals surface area contributed by atoms with E-state index in [2.05, 4.69) is 29.4 Å². The third-order valence-corrected chi connectivity index (χ3v) is 5.22. The zero-order chi connectivity index (χ0) is 17.8. The van der Waals surface area contributed by atoms with Crippen LogP contribution in [0.1, 0.15) is 37.3 Å². The zero-order valence-corrected chi connectivity index (χ0v) is 15.3. The average Bonchev–Trinajstić information content (AvgIpc) is 3.21. The van der Waals surface area contributed by atoms with Crippen molar-refractivity contribution in [3.63, 3.8) is 0 Å². The Morgan fingerprint density at radius 2 is 2.12 bits per heavy atom. The van der Waals surface area contributed by atoms with Crippen molar-refractivity contribution in [2.45, 2.75) is 39.5 Å². The van der Waals surface area contributed by atoms with Gasteiger partial charge in [-0.2, -0.15) is 0 Å². The quantitative estimate of drug-likeness (QED) is 0.861. The number of para-hydroxylation sites is 1. The van der Waals surface area contributed by atoms with E-state index >= 15 is 0 Å². The van der Waals surface area contributed by atoms with Gasteiger partial charge >= 0.3 is 0 Å². The Balaban J connectivity index is 1.68. The first-order chi connectivity index (χ1) is 12.1. The number of carbonyl (C=O) groups is 2. The number of benzene rings is 1. The summed E-state index contributed by atoms with van der Waals surface area (Å²) in [6.07, 6.45) is 2.93. The highest BCUT2D eigenvalue weighted by Gasteiger charge is 2.36. The monoisotopic (exact) mass is 358 g/mol. The van der Waals surface area contributed by atoms with Gasteiger partial charge in [-0.3, -0.25) is 9.59 Å². The van der Waals surface area contributed by atoms with Crippen LogP contribution < -0.4 is 10.2 Å². The average molecular weight is 358 g/mol. The Hall–Kier alpha value is -2.28. The van der Waals surface area contributed by atoms with Gasteiger partial charge in [0.05, 0.1) is 5.92 Å². The third-order valence-electron chi connectivity index (χ3n) is 4.32. The van der Waals surface area contributed by atoms with E-state index in [1.165, 1.54) is 11.3 Å². The molecule has 1 aliphatic heterocycles. The zero-order valence-electron chi connectivity index (χ0n) is 14.5. The summed E-state index contributed by atoms with van der Waals surface area (Å²) in [6.45, 7) is 4.54. The molecule has 1 aliphatic rings. The van der Waals surface area contributed by atoms with Gasteiger partial charge in [0.15, 0.2) is 0 Å². The minimum Gasteiger partial charge on any atom is -0.311 e. The number of rotatable bonds is 6. The summed E-state index contributed by atoms with van der Waals surface area (Å²) in [7, 11) is 0. The maximum atomic E-state index is 12.5. The van der Waals surface area contributed by atoms with Crippen LogP contribution in [0.3, 0.4) is 0 Å². The lowest BCUT2D eigenvalue weighted by atomic mass is 10.1. The maximum absolute atomic E-state index is 12.5. The van der Waals surface area contributed by atoms with Gasteiger partial charge in [-0.05, 0) is 24.5 Å². The number of anilines is 2. The molecule has 2 amide bonds. The molecule has 3 rings (SSSR count). The molecule has 1 unspecified atom stereocenters. The Morgan fingerprint density at radius 3 is 2.88 bits per heavy atom. The molecule has 0 bridgehead atoms.